The molecule has 0 aliphatic carbocycles. The lowest BCUT2D eigenvalue weighted by Crippen LogP contribution is -2.23. The van der Waals surface area contributed by atoms with Gasteiger partial charge in [0.05, 0.1) is 11.0 Å². The number of nitrogens with zero attached hydrogens (tertiary/aromatic N) is 1. The van der Waals surface area contributed by atoms with Crippen LogP contribution in [0.5, 0.6) is 5.75 Å². The summed E-state index contributed by atoms with van der Waals surface area (Å²) < 4.78 is 23.8. The van der Waals surface area contributed by atoms with Crippen LogP contribution < -0.4 is 4.74 Å². The number of ether oxygens (including phenoxy) is 2. The van der Waals surface area contributed by atoms with Crippen molar-refractivity contribution < 1.29 is 28.7 Å². The molecule has 1 aromatic rings. The fourth-order valence-electron chi connectivity index (χ4n) is 1.92. The minimum absolute atomic E-state index is 0.0705. The molecule has 0 bridgehead atoms. The van der Waals surface area contributed by atoms with Crippen LogP contribution in [0.2, 0.25) is 0 Å². The van der Waals surface area contributed by atoms with Crippen molar-refractivity contribution >= 4 is 11.7 Å². The summed E-state index contributed by atoms with van der Waals surface area (Å²) in [5, 5.41) is 19.2. The van der Waals surface area contributed by atoms with Gasteiger partial charge in [-0.25, -0.2) is 4.79 Å². The highest BCUT2D eigenvalue weighted by atomic mass is 19.1. The van der Waals surface area contributed by atoms with Crippen molar-refractivity contribution in [3.63, 3.8) is 0 Å². The maximum atomic E-state index is 13.3. The maximum absolute atomic E-state index is 13.3. The molecule has 1 aliphatic heterocycles. The van der Waals surface area contributed by atoms with E-state index in [1.165, 1.54) is 6.07 Å². The van der Waals surface area contributed by atoms with Crippen molar-refractivity contribution in [2.75, 3.05) is 6.61 Å². The predicted octanol–water partition coefficient (Wildman–Crippen LogP) is 1.74. The summed E-state index contributed by atoms with van der Waals surface area (Å²) in [6.45, 7) is 0.0705. The highest BCUT2D eigenvalue weighted by Gasteiger charge is 2.30. The molecule has 1 saturated heterocycles. The molecule has 1 aliphatic rings. The minimum Gasteiger partial charge on any atom is -0.491 e. The smallest absolute Gasteiger partial charge is 0.332 e. The van der Waals surface area contributed by atoms with Crippen LogP contribution in [0.3, 0.4) is 0 Å². The number of nitro groups is 1. The fraction of sp³-hybridized carbons (Fsp3) is 0.417. The molecule has 1 fully saturated rings. The first-order valence-electron chi connectivity index (χ1n) is 5.92. The first-order chi connectivity index (χ1) is 9.47. The molecule has 1 N–H and O–H groups in total. The molecule has 2 atom stereocenters. The molecular formula is C12H12FNO6. The van der Waals surface area contributed by atoms with Gasteiger partial charge in [0.1, 0.15) is 12.4 Å². The monoisotopic (exact) mass is 285 g/mol. The van der Waals surface area contributed by atoms with E-state index in [0.29, 0.717) is 12.8 Å². The number of hydrogen-bond acceptors (Lipinski definition) is 5. The molecule has 2 unspecified atom stereocenters. The zero-order valence-corrected chi connectivity index (χ0v) is 10.3. The van der Waals surface area contributed by atoms with Gasteiger partial charge in [0.15, 0.2) is 6.10 Å². The first-order valence-corrected chi connectivity index (χ1v) is 5.92. The molecule has 8 heteroatoms. The van der Waals surface area contributed by atoms with Gasteiger partial charge in [-0.1, -0.05) is 0 Å². The molecule has 0 aromatic heterocycles. The maximum Gasteiger partial charge on any atom is 0.332 e. The molecule has 7 nitrogen and oxygen atoms in total. The van der Waals surface area contributed by atoms with E-state index >= 15 is 0 Å². The van der Waals surface area contributed by atoms with Gasteiger partial charge in [0.2, 0.25) is 5.82 Å². The Morgan fingerprint density at radius 3 is 2.85 bits per heavy atom. The van der Waals surface area contributed by atoms with Crippen LogP contribution in [0.1, 0.15) is 12.8 Å². The SMILES string of the molecule is O=C(O)C1CCC(COc2ccc([N+](=O)[O-])c(F)c2)O1. The summed E-state index contributed by atoms with van der Waals surface area (Å²) in [5.41, 5.74) is -0.625. The highest BCUT2D eigenvalue weighted by Crippen LogP contribution is 2.24. The van der Waals surface area contributed by atoms with E-state index in [1.807, 2.05) is 0 Å². The molecule has 0 amide bonds. The van der Waals surface area contributed by atoms with Gasteiger partial charge in [-0.05, 0) is 18.9 Å². The third kappa shape index (κ3) is 3.21. The molecule has 0 saturated carbocycles. The average Bonchev–Trinajstić information content (AvgIpc) is 2.85. The highest BCUT2D eigenvalue weighted by molar-refractivity contribution is 5.72. The quantitative estimate of drug-likeness (QED) is 0.653. The van der Waals surface area contributed by atoms with Gasteiger partial charge in [-0.3, -0.25) is 10.1 Å². The largest absolute Gasteiger partial charge is 0.491 e. The molecule has 2 rings (SSSR count). The van der Waals surface area contributed by atoms with Crippen LogP contribution in [-0.2, 0) is 9.53 Å². The van der Waals surface area contributed by atoms with E-state index in [2.05, 4.69) is 0 Å². The molecular weight excluding hydrogens is 273 g/mol. The summed E-state index contributed by atoms with van der Waals surface area (Å²) >= 11 is 0. The lowest BCUT2D eigenvalue weighted by molar-refractivity contribution is -0.387. The molecule has 1 heterocycles. The Bertz CT molecular complexity index is 535. The van der Waals surface area contributed by atoms with E-state index < -0.39 is 28.5 Å². The third-order valence-electron chi connectivity index (χ3n) is 2.93. The second-order valence-electron chi connectivity index (χ2n) is 4.34. The van der Waals surface area contributed by atoms with Gasteiger partial charge in [-0.2, -0.15) is 4.39 Å². The Morgan fingerprint density at radius 2 is 2.30 bits per heavy atom. The van der Waals surface area contributed by atoms with Gasteiger partial charge >= 0.3 is 11.7 Å². The zero-order chi connectivity index (χ0) is 14.7. The second-order valence-corrected chi connectivity index (χ2v) is 4.34. The van der Waals surface area contributed by atoms with Crippen LogP contribution in [0.15, 0.2) is 18.2 Å². The lowest BCUT2D eigenvalue weighted by atomic mass is 10.2. The number of aliphatic carboxylic acids is 1. The predicted molar refractivity (Wildman–Crippen MR) is 64.1 cm³/mol. The molecule has 1 aromatic carbocycles. The van der Waals surface area contributed by atoms with Crippen LogP contribution in [0, 0.1) is 15.9 Å². The number of nitro benzene ring substituents is 1. The van der Waals surface area contributed by atoms with Crippen LogP contribution in [0.25, 0.3) is 0 Å². The van der Waals surface area contributed by atoms with Crippen LogP contribution in [-0.4, -0.2) is 34.8 Å². The van der Waals surface area contributed by atoms with Crippen molar-refractivity contribution in [3.05, 3.63) is 34.1 Å². The van der Waals surface area contributed by atoms with Crippen molar-refractivity contribution in [1.82, 2.24) is 0 Å². The Hall–Kier alpha value is -2.22. The number of hydrogen-bond donors (Lipinski definition) is 1. The number of carbonyl (C=O) groups is 1. The van der Waals surface area contributed by atoms with Gasteiger partial charge in [0, 0.05) is 12.1 Å². The summed E-state index contributed by atoms with van der Waals surface area (Å²) in [4.78, 5) is 20.3. The van der Waals surface area contributed by atoms with Gasteiger partial charge < -0.3 is 14.6 Å². The number of halogens is 1. The number of benzene rings is 1. The molecule has 0 spiro atoms. The molecule has 20 heavy (non-hydrogen) atoms. The van der Waals surface area contributed by atoms with E-state index in [9.17, 15) is 19.3 Å². The molecule has 0 radical (unpaired) electrons. The number of rotatable bonds is 5. The first kappa shape index (κ1) is 14.2. The van der Waals surface area contributed by atoms with Crippen molar-refractivity contribution in [3.8, 4) is 5.75 Å². The summed E-state index contributed by atoms with van der Waals surface area (Å²) in [6.07, 6.45) is -0.281. The van der Waals surface area contributed by atoms with Crippen LogP contribution >= 0.6 is 0 Å². The Kier molecular flexibility index (Phi) is 4.14. The topological polar surface area (TPSA) is 98.9 Å². The summed E-state index contributed by atoms with van der Waals surface area (Å²) in [7, 11) is 0. The number of carboxylic acids is 1. The Morgan fingerprint density at radius 1 is 1.55 bits per heavy atom. The van der Waals surface area contributed by atoms with E-state index in [1.54, 1.807) is 0 Å². The van der Waals surface area contributed by atoms with E-state index in [0.717, 1.165) is 12.1 Å². The molecule has 108 valence electrons. The van der Waals surface area contributed by atoms with E-state index in [-0.39, 0.29) is 18.5 Å². The lowest BCUT2D eigenvalue weighted by Gasteiger charge is -2.12. The van der Waals surface area contributed by atoms with Crippen LogP contribution in [0.4, 0.5) is 10.1 Å². The Labute approximate surface area is 113 Å². The average molecular weight is 285 g/mol. The zero-order valence-electron chi connectivity index (χ0n) is 10.3. The number of carboxylic acid groups (broad SMARTS) is 1. The van der Waals surface area contributed by atoms with Crippen molar-refractivity contribution in [2.45, 2.75) is 25.0 Å². The summed E-state index contributed by atoms with van der Waals surface area (Å²) in [5.74, 6) is -1.87. The van der Waals surface area contributed by atoms with E-state index in [4.69, 9.17) is 14.6 Å². The summed E-state index contributed by atoms with van der Waals surface area (Å²) in [6, 6.07) is 3.22. The van der Waals surface area contributed by atoms with Crippen molar-refractivity contribution in [1.29, 1.82) is 0 Å². The standard InChI is InChI=1S/C12H12FNO6/c13-9-5-7(1-3-10(9)14(17)18)19-6-8-2-4-11(20-8)12(15)16/h1,3,5,8,11H,2,4,6H2,(H,15,16). The fourth-order valence-corrected chi connectivity index (χ4v) is 1.92. The normalized spacial score (nSPS) is 21.6. The Balaban J connectivity index is 1.90. The van der Waals surface area contributed by atoms with Crippen molar-refractivity contribution in [2.24, 2.45) is 0 Å². The third-order valence-corrected chi connectivity index (χ3v) is 2.93. The van der Waals surface area contributed by atoms with Gasteiger partial charge in [0.25, 0.3) is 0 Å². The van der Waals surface area contributed by atoms with Gasteiger partial charge in [-0.15, -0.1) is 0 Å². The second kappa shape index (κ2) is 5.83. The minimum atomic E-state index is -1.02.